The van der Waals surface area contributed by atoms with Gasteiger partial charge in [0.25, 0.3) is 0 Å². The van der Waals surface area contributed by atoms with Gasteiger partial charge in [-0.3, -0.25) is 14.4 Å². The van der Waals surface area contributed by atoms with E-state index in [0.29, 0.717) is 19.4 Å². The highest BCUT2D eigenvalue weighted by Crippen LogP contribution is 2.27. The third-order valence-electron chi connectivity index (χ3n) is 4.19. The van der Waals surface area contributed by atoms with Crippen molar-refractivity contribution in [1.29, 1.82) is 0 Å². The summed E-state index contributed by atoms with van der Waals surface area (Å²) in [6.45, 7) is 4.80. The molecule has 2 N–H and O–H groups in total. The van der Waals surface area contributed by atoms with Crippen LogP contribution in [0.4, 0.5) is 5.69 Å². The van der Waals surface area contributed by atoms with Crippen LogP contribution in [-0.4, -0.2) is 36.0 Å². The van der Waals surface area contributed by atoms with E-state index in [0.717, 1.165) is 16.8 Å². The predicted octanol–water partition coefficient (Wildman–Crippen LogP) is 1.64. The van der Waals surface area contributed by atoms with E-state index in [1.54, 1.807) is 4.90 Å². The summed E-state index contributed by atoms with van der Waals surface area (Å²) in [5.41, 5.74) is 3.09. The molecular formula is C17H22N2O4. The molecule has 0 bridgehead atoms. The molecule has 6 nitrogen and oxygen atoms in total. The van der Waals surface area contributed by atoms with Crippen molar-refractivity contribution in [2.45, 2.75) is 33.1 Å². The maximum absolute atomic E-state index is 12.5. The van der Waals surface area contributed by atoms with Crippen molar-refractivity contribution < 1.29 is 19.5 Å². The van der Waals surface area contributed by atoms with E-state index < -0.39 is 11.9 Å². The Morgan fingerprint density at radius 3 is 2.70 bits per heavy atom. The Morgan fingerprint density at radius 2 is 2.04 bits per heavy atom. The van der Waals surface area contributed by atoms with Crippen LogP contribution < -0.4 is 10.2 Å². The van der Waals surface area contributed by atoms with Crippen LogP contribution in [0.2, 0.25) is 0 Å². The SMILES string of the molecule is Cc1ccc(N2CC[C@H](C(=O)NCCCC(=O)O)C2=O)cc1C. The van der Waals surface area contributed by atoms with Gasteiger partial charge in [0.05, 0.1) is 0 Å². The predicted molar refractivity (Wildman–Crippen MR) is 86.3 cm³/mol. The van der Waals surface area contributed by atoms with E-state index >= 15 is 0 Å². The van der Waals surface area contributed by atoms with Crippen LogP contribution in [0.5, 0.6) is 0 Å². The lowest BCUT2D eigenvalue weighted by atomic mass is 10.1. The summed E-state index contributed by atoms with van der Waals surface area (Å²) in [7, 11) is 0. The van der Waals surface area contributed by atoms with Gasteiger partial charge in [0.2, 0.25) is 11.8 Å². The number of carboxylic acid groups (broad SMARTS) is 1. The molecule has 1 aromatic carbocycles. The topological polar surface area (TPSA) is 86.7 Å². The molecule has 0 aromatic heterocycles. The zero-order valence-corrected chi connectivity index (χ0v) is 13.5. The number of hydrogen-bond acceptors (Lipinski definition) is 3. The Hall–Kier alpha value is -2.37. The molecule has 1 aliphatic heterocycles. The lowest BCUT2D eigenvalue weighted by Gasteiger charge is -2.18. The molecule has 0 radical (unpaired) electrons. The quantitative estimate of drug-likeness (QED) is 0.616. The molecule has 23 heavy (non-hydrogen) atoms. The second kappa shape index (κ2) is 7.26. The highest BCUT2D eigenvalue weighted by molar-refractivity contribution is 6.09. The molecular weight excluding hydrogens is 296 g/mol. The van der Waals surface area contributed by atoms with Crippen LogP contribution in [0.3, 0.4) is 0 Å². The first-order valence-electron chi connectivity index (χ1n) is 7.78. The van der Waals surface area contributed by atoms with Crippen LogP contribution in [0.15, 0.2) is 18.2 Å². The molecule has 2 rings (SSSR count). The highest BCUT2D eigenvalue weighted by atomic mass is 16.4. The van der Waals surface area contributed by atoms with Crippen molar-refractivity contribution in [1.82, 2.24) is 5.32 Å². The summed E-state index contributed by atoms with van der Waals surface area (Å²) in [5, 5.41) is 11.2. The molecule has 1 saturated heterocycles. The molecule has 0 unspecified atom stereocenters. The van der Waals surface area contributed by atoms with E-state index in [2.05, 4.69) is 5.32 Å². The third-order valence-corrected chi connectivity index (χ3v) is 4.19. The average Bonchev–Trinajstić information content (AvgIpc) is 2.88. The first kappa shape index (κ1) is 17.0. The van der Waals surface area contributed by atoms with Gasteiger partial charge in [-0.25, -0.2) is 0 Å². The van der Waals surface area contributed by atoms with E-state index in [9.17, 15) is 14.4 Å². The van der Waals surface area contributed by atoms with Crippen LogP contribution in [0, 0.1) is 19.8 Å². The second-order valence-corrected chi connectivity index (χ2v) is 5.89. The van der Waals surface area contributed by atoms with E-state index in [-0.39, 0.29) is 24.8 Å². The lowest BCUT2D eigenvalue weighted by molar-refractivity contribution is -0.137. The maximum atomic E-state index is 12.5. The molecule has 6 heteroatoms. The van der Waals surface area contributed by atoms with Crippen LogP contribution >= 0.6 is 0 Å². The summed E-state index contributed by atoms with van der Waals surface area (Å²) >= 11 is 0. The zero-order valence-electron chi connectivity index (χ0n) is 13.5. The number of carbonyl (C=O) groups is 3. The number of carboxylic acids is 1. The minimum absolute atomic E-state index is 0.00760. The summed E-state index contributed by atoms with van der Waals surface area (Å²) in [5.74, 6) is -2.07. The molecule has 124 valence electrons. The summed E-state index contributed by atoms with van der Waals surface area (Å²) in [4.78, 5) is 36.6. The third kappa shape index (κ3) is 4.09. The number of nitrogens with one attached hydrogen (secondary N) is 1. The maximum Gasteiger partial charge on any atom is 0.303 e. The number of aryl methyl sites for hydroxylation is 2. The van der Waals surface area contributed by atoms with Crippen molar-refractivity contribution in [3.63, 3.8) is 0 Å². The second-order valence-electron chi connectivity index (χ2n) is 5.89. The smallest absolute Gasteiger partial charge is 0.303 e. The van der Waals surface area contributed by atoms with Crippen molar-refractivity contribution in [3.8, 4) is 0 Å². The molecule has 0 saturated carbocycles. The van der Waals surface area contributed by atoms with Gasteiger partial charge in [-0.2, -0.15) is 0 Å². The van der Waals surface area contributed by atoms with Crippen LogP contribution in [-0.2, 0) is 14.4 Å². The lowest BCUT2D eigenvalue weighted by Crippen LogP contribution is -2.37. The Labute approximate surface area is 135 Å². The van der Waals surface area contributed by atoms with Gasteiger partial charge in [-0.05, 0) is 49.9 Å². The van der Waals surface area contributed by atoms with Crippen LogP contribution in [0.25, 0.3) is 0 Å². The molecule has 2 amide bonds. The zero-order chi connectivity index (χ0) is 17.0. The number of rotatable bonds is 6. The molecule has 0 aliphatic carbocycles. The monoisotopic (exact) mass is 318 g/mol. The molecule has 1 fully saturated rings. The van der Waals surface area contributed by atoms with E-state index in [1.807, 2.05) is 32.0 Å². The standard InChI is InChI=1S/C17H22N2O4/c1-11-5-6-13(10-12(11)2)19-9-7-14(17(19)23)16(22)18-8-3-4-15(20)21/h5-6,10,14H,3-4,7-9H2,1-2H3,(H,18,22)(H,20,21)/t14-/m1/s1. The Balaban J connectivity index is 1.94. The van der Waals surface area contributed by atoms with Gasteiger partial charge >= 0.3 is 5.97 Å². The normalized spacial score (nSPS) is 17.4. The number of benzene rings is 1. The fourth-order valence-electron chi connectivity index (χ4n) is 2.65. The molecule has 0 spiro atoms. The Bertz CT molecular complexity index is 627. The first-order chi connectivity index (χ1) is 10.9. The largest absolute Gasteiger partial charge is 0.481 e. The van der Waals surface area contributed by atoms with Crippen LogP contribution in [0.1, 0.15) is 30.4 Å². The first-order valence-corrected chi connectivity index (χ1v) is 7.78. The van der Waals surface area contributed by atoms with Crippen molar-refractivity contribution in [2.24, 2.45) is 5.92 Å². The average molecular weight is 318 g/mol. The van der Waals surface area contributed by atoms with Crippen molar-refractivity contribution in [3.05, 3.63) is 29.3 Å². The van der Waals surface area contributed by atoms with E-state index in [4.69, 9.17) is 5.11 Å². The fraction of sp³-hybridized carbons (Fsp3) is 0.471. The number of carbonyl (C=O) groups excluding carboxylic acids is 2. The Morgan fingerprint density at radius 1 is 1.30 bits per heavy atom. The van der Waals surface area contributed by atoms with Gasteiger partial charge in [0.1, 0.15) is 5.92 Å². The number of hydrogen-bond donors (Lipinski definition) is 2. The van der Waals surface area contributed by atoms with Crippen molar-refractivity contribution >= 4 is 23.5 Å². The van der Waals surface area contributed by atoms with Gasteiger partial charge in [0, 0.05) is 25.2 Å². The van der Waals surface area contributed by atoms with E-state index in [1.165, 1.54) is 0 Å². The Kier molecular flexibility index (Phi) is 5.36. The number of nitrogens with zero attached hydrogens (tertiary/aromatic N) is 1. The number of anilines is 1. The van der Waals surface area contributed by atoms with Gasteiger partial charge < -0.3 is 15.3 Å². The van der Waals surface area contributed by atoms with Gasteiger partial charge in [-0.15, -0.1) is 0 Å². The number of aliphatic carboxylic acids is 1. The molecule has 1 heterocycles. The molecule has 1 aliphatic rings. The molecule has 1 aromatic rings. The minimum Gasteiger partial charge on any atom is -0.481 e. The molecule has 1 atom stereocenters. The number of amides is 2. The summed E-state index contributed by atoms with van der Waals surface area (Å²) < 4.78 is 0. The fourth-order valence-corrected chi connectivity index (χ4v) is 2.65. The summed E-state index contributed by atoms with van der Waals surface area (Å²) in [6.07, 6.45) is 0.854. The highest BCUT2D eigenvalue weighted by Gasteiger charge is 2.37. The van der Waals surface area contributed by atoms with Crippen molar-refractivity contribution in [2.75, 3.05) is 18.0 Å². The minimum atomic E-state index is -0.892. The van der Waals surface area contributed by atoms with Gasteiger partial charge in [0.15, 0.2) is 0 Å². The summed E-state index contributed by atoms with van der Waals surface area (Å²) in [6, 6.07) is 5.82. The van der Waals surface area contributed by atoms with Gasteiger partial charge in [-0.1, -0.05) is 6.07 Å².